The zero-order chi connectivity index (χ0) is 28.0. The SMILES string of the molecule is CCCCCCCC/C=C/CC/C=C/CC/C=C/C(O)C(COP(=O)([O-])OCC[N+](C)(C)C)NC(C)=O. The Morgan fingerprint density at radius 2 is 1.46 bits per heavy atom. The molecule has 0 aliphatic heterocycles. The fourth-order valence-corrected chi connectivity index (χ4v) is 4.11. The molecular weight excluding hydrogens is 491 g/mol. The molecule has 0 heterocycles. The highest BCUT2D eigenvalue weighted by atomic mass is 31.2. The molecule has 3 unspecified atom stereocenters. The second kappa shape index (κ2) is 21.6. The summed E-state index contributed by atoms with van der Waals surface area (Å²) in [4.78, 5) is 23.5. The number of aliphatic hydroxyl groups is 1. The molecule has 37 heavy (non-hydrogen) atoms. The quantitative estimate of drug-likeness (QED) is 0.0808. The normalized spacial score (nSPS) is 16.0. The zero-order valence-electron chi connectivity index (χ0n) is 23.9. The van der Waals surface area contributed by atoms with Gasteiger partial charge in [0, 0.05) is 6.92 Å². The number of allylic oxidation sites excluding steroid dienone is 5. The van der Waals surface area contributed by atoms with Crippen LogP contribution in [-0.4, -0.2) is 68.5 Å². The van der Waals surface area contributed by atoms with Crippen molar-refractivity contribution in [3.05, 3.63) is 36.5 Å². The van der Waals surface area contributed by atoms with E-state index in [0.717, 1.165) is 25.7 Å². The summed E-state index contributed by atoms with van der Waals surface area (Å²) in [5, 5.41) is 12.9. The number of likely N-dealkylation sites (N-methyl/N-ethyl adjacent to an activating group) is 1. The van der Waals surface area contributed by atoms with Crippen molar-refractivity contribution in [3.63, 3.8) is 0 Å². The average molecular weight is 545 g/mol. The summed E-state index contributed by atoms with van der Waals surface area (Å²) < 4.78 is 22.3. The van der Waals surface area contributed by atoms with Crippen molar-refractivity contribution in [1.82, 2.24) is 5.32 Å². The molecule has 9 heteroatoms. The van der Waals surface area contributed by atoms with Crippen LogP contribution in [0.15, 0.2) is 36.5 Å². The molecule has 0 aromatic rings. The van der Waals surface area contributed by atoms with Crippen molar-refractivity contribution in [2.75, 3.05) is 40.9 Å². The first-order valence-corrected chi connectivity index (χ1v) is 15.3. The third-order valence-corrected chi connectivity index (χ3v) is 6.58. The Morgan fingerprint density at radius 1 is 0.919 bits per heavy atom. The molecule has 1 amide bonds. The van der Waals surface area contributed by atoms with Crippen molar-refractivity contribution in [2.24, 2.45) is 0 Å². The minimum absolute atomic E-state index is 0.0134. The average Bonchev–Trinajstić information content (AvgIpc) is 2.80. The molecule has 0 spiro atoms. The number of amides is 1. The number of phosphoric ester groups is 1. The first-order chi connectivity index (χ1) is 17.5. The van der Waals surface area contributed by atoms with Crippen LogP contribution in [0.3, 0.4) is 0 Å². The van der Waals surface area contributed by atoms with Crippen LogP contribution < -0.4 is 10.2 Å². The molecule has 0 bridgehead atoms. The van der Waals surface area contributed by atoms with Gasteiger partial charge in [-0.3, -0.25) is 9.36 Å². The van der Waals surface area contributed by atoms with E-state index >= 15 is 0 Å². The molecular formula is C28H53N2O6P. The Hall–Kier alpha value is -1.28. The van der Waals surface area contributed by atoms with Crippen molar-refractivity contribution >= 4 is 13.7 Å². The van der Waals surface area contributed by atoms with E-state index in [1.165, 1.54) is 51.9 Å². The molecule has 0 fully saturated rings. The highest BCUT2D eigenvalue weighted by molar-refractivity contribution is 7.45. The van der Waals surface area contributed by atoms with Gasteiger partial charge in [0.2, 0.25) is 5.91 Å². The second-order valence-corrected chi connectivity index (χ2v) is 11.9. The monoisotopic (exact) mass is 544 g/mol. The molecule has 3 atom stereocenters. The standard InChI is InChI=1S/C28H53N2O6P/c1-6-7-8-9-10-11-12-13-14-15-16-17-18-19-20-21-22-28(32)27(29-26(2)31)25-36-37(33,34)35-24-23-30(3,4)5/h13-14,17-18,21-22,27-28,32H,6-12,15-16,19-20,23-25H2,1-5H3,(H-,29,31,33,34)/b14-13+,18-17+,22-21+. The Balaban J connectivity index is 4.20. The van der Waals surface area contributed by atoms with Gasteiger partial charge in [-0.25, -0.2) is 0 Å². The first kappa shape index (κ1) is 35.7. The summed E-state index contributed by atoms with van der Waals surface area (Å²) in [6, 6.07) is -0.906. The van der Waals surface area contributed by atoms with Crippen LogP contribution in [0.5, 0.6) is 0 Å². The summed E-state index contributed by atoms with van der Waals surface area (Å²) in [6.45, 7) is 3.60. The number of phosphoric acid groups is 1. The number of hydrogen-bond acceptors (Lipinski definition) is 6. The lowest BCUT2D eigenvalue weighted by molar-refractivity contribution is -0.870. The predicted molar refractivity (Wildman–Crippen MR) is 150 cm³/mol. The number of carbonyl (C=O) groups excluding carboxylic acids is 1. The molecule has 8 nitrogen and oxygen atoms in total. The molecule has 0 aliphatic rings. The Kier molecular flexibility index (Phi) is 20.9. The lowest BCUT2D eigenvalue weighted by Gasteiger charge is -2.29. The van der Waals surface area contributed by atoms with Crippen molar-refractivity contribution < 1.29 is 32.9 Å². The largest absolute Gasteiger partial charge is 0.756 e. The maximum absolute atomic E-state index is 12.0. The van der Waals surface area contributed by atoms with E-state index in [1.54, 1.807) is 6.08 Å². The molecule has 0 saturated heterocycles. The maximum atomic E-state index is 12.0. The van der Waals surface area contributed by atoms with Crippen LogP contribution in [0, 0.1) is 0 Å². The van der Waals surface area contributed by atoms with E-state index in [1.807, 2.05) is 27.2 Å². The number of rotatable bonds is 23. The zero-order valence-corrected chi connectivity index (χ0v) is 24.8. The van der Waals surface area contributed by atoms with Gasteiger partial charge in [-0.05, 0) is 38.5 Å². The molecule has 0 aliphatic carbocycles. The Morgan fingerprint density at radius 3 is 2.03 bits per heavy atom. The number of nitrogens with zero attached hydrogens (tertiary/aromatic N) is 1. The van der Waals surface area contributed by atoms with E-state index in [4.69, 9.17) is 9.05 Å². The van der Waals surface area contributed by atoms with Gasteiger partial charge in [-0.2, -0.15) is 0 Å². The maximum Gasteiger partial charge on any atom is 0.268 e. The topological polar surface area (TPSA) is 108 Å². The molecule has 0 aromatic heterocycles. The summed E-state index contributed by atoms with van der Waals surface area (Å²) >= 11 is 0. The Labute approximate surface area is 226 Å². The number of aliphatic hydroxyl groups excluding tert-OH is 1. The number of quaternary nitrogens is 1. The summed E-state index contributed by atoms with van der Waals surface area (Å²) in [5.41, 5.74) is 0. The fraction of sp³-hybridized carbons (Fsp3) is 0.750. The smallest absolute Gasteiger partial charge is 0.268 e. The molecule has 0 radical (unpaired) electrons. The summed E-state index contributed by atoms with van der Waals surface area (Å²) in [6.07, 6.45) is 23.9. The van der Waals surface area contributed by atoms with Gasteiger partial charge in [0.15, 0.2) is 0 Å². The van der Waals surface area contributed by atoms with E-state index in [-0.39, 0.29) is 6.61 Å². The second-order valence-electron chi connectivity index (χ2n) is 10.5. The highest BCUT2D eigenvalue weighted by Gasteiger charge is 2.22. The first-order valence-electron chi connectivity index (χ1n) is 13.8. The number of hydrogen-bond donors (Lipinski definition) is 2. The lowest BCUT2D eigenvalue weighted by atomic mass is 10.1. The molecule has 2 N–H and O–H groups in total. The van der Waals surface area contributed by atoms with Gasteiger partial charge in [0.05, 0.1) is 39.9 Å². The van der Waals surface area contributed by atoms with E-state index in [0.29, 0.717) is 11.0 Å². The summed E-state index contributed by atoms with van der Waals surface area (Å²) in [7, 11) is 1.21. The van der Waals surface area contributed by atoms with Crippen LogP contribution in [0.4, 0.5) is 0 Å². The minimum atomic E-state index is -4.54. The van der Waals surface area contributed by atoms with Crippen molar-refractivity contribution in [3.8, 4) is 0 Å². The molecule has 0 aromatic carbocycles. The minimum Gasteiger partial charge on any atom is -0.756 e. The molecule has 0 saturated carbocycles. The van der Waals surface area contributed by atoms with Crippen molar-refractivity contribution in [1.29, 1.82) is 0 Å². The van der Waals surface area contributed by atoms with Crippen LogP contribution in [0.25, 0.3) is 0 Å². The molecule has 216 valence electrons. The number of nitrogens with one attached hydrogen (secondary N) is 1. The van der Waals surface area contributed by atoms with Crippen LogP contribution in [-0.2, 0) is 18.4 Å². The van der Waals surface area contributed by atoms with Gasteiger partial charge in [-0.15, -0.1) is 0 Å². The van der Waals surface area contributed by atoms with Crippen molar-refractivity contribution in [2.45, 2.75) is 96.6 Å². The van der Waals surface area contributed by atoms with Gasteiger partial charge in [0.1, 0.15) is 13.2 Å². The van der Waals surface area contributed by atoms with Crippen LogP contribution in [0.2, 0.25) is 0 Å². The highest BCUT2D eigenvalue weighted by Crippen LogP contribution is 2.38. The van der Waals surface area contributed by atoms with Gasteiger partial charge in [0.25, 0.3) is 7.82 Å². The van der Waals surface area contributed by atoms with E-state index in [2.05, 4.69) is 36.5 Å². The van der Waals surface area contributed by atoms with Crippen LogP contribution >= 0.6 is 7.82 Å². The van der Waals surface area contributed by atoms with Gasteiger partial charge >= 0.3 is 0 Å². The lowest BCUT2D eigenvalue weighted by Crippen LogP contribution is -2.45. The summed E-state index contributed by atoms with van der Waals surface area (Å²) in [5.74, 6) is -0.392. The third kappa shape index (κ3) is 24.8. The number of unbranched alkanes of at least 4 members (excludes halogenated alkanes) is 8. The van der Waals surface area contributed by atoms with E-state index < -0.39 is 32.5 Å². The molecule has 0 rings (SSSR count). The number of carbonyl (C=O) groups is 1. The Bertz CT molecular complexity index is 718. The van der Waals surface area contributed by atoms with Gasteiger partial charge < -0.3 is 28.8 Å². The van der Waals surface area contributed by atoms with Gasteiger partial charge in [-0.1, -0.05) is 75.5 Å². The fourth-order valence-electron chi connectivity index (χ4n) is 3.39. The predicted octanol–water partition coefficient (Wildman–Crippen LogP) is 5.04. The van der Waals surface area contributed by atoms with Crippen LogP contribution in [0.1, 0.15) is 84.5 Å². The third-order valence-electron chi connectivity index (χ3n) is 5.62. The van der Waals surface area contributed by atoms with E-state index in [9.17, 15) is 19.4 Å².